The summed E-state index contributed by atoms with van der Waals surface area (Å²) in [6.07, 6.45) is 11.0. The molecule has 36 heavy (non-hydrogen) atoms. The van der Waals surface area contributed by atoms with Gasteiger partial charge >= 0.3 is 0 Å². The van der Waals surface area contributed by atoms with Gasteiger partial charge in [-0.3, -0.25) is 9.59 Å². The quantitative estimate of drug-likeness (QED) is 0.310. The summed E-state index contributed by atoms with van der Waals surface area (Å²) < 4.78 is 0. The van der Waals surface area contributed by atoms with E-state index >= 15 is 0 Å². The lowest BCUT2D eigenvalue weighted by Crippen LogP contribution is -2.52. The molecule has 2 amide bonds. The second-order valence-electron chi connectivity index (χ2n) is 14.0. The van der Waals surface area contributed by atoms with E-state index in [1.165, 1.54) is 44.1 Å². The summed E-state index contributed by atoms with van der Waals surface area (Å²) in [6.45, 7) is 22.3. The van der Waals surface area contributed by atoms with Crippen LogP contribution >= 0.6 is 0 Å². The van der Waals surface area contributed by atoms with E-state index in [-0.39, 0.29) is 29.3 Å². The Hall–Kier alpha value is -1.32. The number of rotatable bonds is 10. The fraction of sp³-hybridized carbons (Fsp3) is 0.875. The van der Waals surface area contributed by atoms with Crippen LogP contribution in [0.25, 0.3) is 0 Å². The molecule has 0 heterocycles. The number of carbonyl (C=O) groups is 2. The minimum Gasteiger partial charge on any atom is -0.354 e. The number of hydrogen-bond acceptors (Lipinski definition) is 2. The minimum atomic E-state index is 0.156. The first-order valence-electron chi connectivity index (χ1n) is 15.0. The lowest BCUT2D eigenvalue weighted by Gasteiger charge is -2.60. The third kappa shape index (κ3) is 6.04. The third-order valence-corrected chi connectivity index (χ3v) is 10.8. The van der Waals surface area contributed by atoms with Crippen LogP contribution in [-0.2, 0) is 9.59 Å². The van der Waals surface area contributed by atoms with E-state index in [1.54, 1.807) is 0 Å². The van der Waals surface area contributed by atoms with Gasteiger partial charge in [0.2, 0.25) is 11.8 Å². The molecule has 4 heteroatoms. The molecule has 3 rings (SSSR count). The standard InChI is InChI=1S/C32H56N2O2/c1-20(2)25-12-11-24-27-14-13-26(23(7)10-15-29(35)33-21(3)4)32(27,9)18-16-28(24)31(25,8)19-17-30(36)34-22(5)6/h21-28H,1,10-19H2,2-9H3,(H,33,35)(H,34,36)/t23-,24+,25?,26-,27+,28+,31+,32-/m1/s1. The molecule has 0 aliphatic heterocycles. The van der Waals surface area contributed by atoms with Crippen molar-refractivity contribution in [3.05, 3.63) is 12.2 Å². The molecule has 3 fully saturated rings. The Bertz CT molecular complexity index is 804. The zero-order chi connectivity index (χ0) is 26.8. The molecular weight excluding hydrogens is 444 g/mol. The normalized spacial score (nSPS) is 36.8. The average Bonchev–Trinajstić information content (AvgIpc) is 3.12. The SMILES string of the molecule is C=C(C)C1CC[C@H]2[C@@H]3CC[C@H]([C@H](C)CCC(=O)NC(C)C)[C@@]3(C)CC[C@@H]2[C@@]1(C)CCC(=O)NC(C)C. The second kappa shape index (κ2) is 11.6. The van der Waals surface area contributed by atoms with E-state index in [2.05, 4.69) is 44.9 Å². The Labute approximate surface area is 222 Å². The summed E-state index contributed by atoms with van der Waals surface area (Å²) in [7, 11) is 0. The van der Waals surface area contributed by atoms with Gasteiger partial charge in [0.25, 0.3) is 0 Å². The Morgan fingerprint density at radius 3 is 2.06 bits per heavy atom. The first-order chi connectivity index (χ1) is 16.8. The van der Waals surface area contributed by atoms with Crippen LogP contribution in [0, 0.1) is 46.3 Å². The smallest absolute Gasteiger partial charge is 0.220 e. The van der Waals surface area contributed by atoms with Crippen molar-refractivity contribution in [2.75, 3.05) is 0 Å². The number of nitrogens with one attached hydrogen (secondary N) is 2. The van der Waals surface area contributed by atoms with Gasteiger partial charge in [0.05, 0.1) is 0 Å². The molecule has 206 valence electrons. The van der Waals surface area contributed by atoms with Gasteiger partial charge in [-0.2, -0.15) is 0 Å². The molecule has 3 saturated carbocycles. The van der Waals surface area contributed by atoms with Crippen molar-refractivity contribution in [2.24, 2.45) is 46.3 Å². The van der Waals surface area contributed by atoms with Gasteiger partial charge in [0.1, 0.15) is 0 Å². The van der Waals surface area contributed by atoms with Crippen molar-refractivity contribution in [3.63, 3.8) is 0 Å². The Morgan fingerprint density at radius 1 is 0.861 bits per heavy atom. The molecule has 0 bridgehead atoms. The van der Waals surface area contributed by atoms with Crippen molar-refractivity contribution in [1.29, 1.82) is 0 Å². The molecule has 3 aliphatic carbocycles. The van der Waals surface area contributed by atoms with Crippen molar-refractivity contribution in [2.45, 2.75) is 132 Å². The van der Waals surface area contributed by atoms with E-state index in [1.807, 2.05) is 27.7 Å². The first-order valence-corrected chi connectivity index (χ1v) is 15.0. The van der Waals surface area contributed by atoms with Crippen LogP contribution in [0.3, 0.4) is 0 Å². The molecule has 8 atom stereocenters. The van der Waals surface area contributed by atoms with E-state index in [0.717, 1.165) is 30.6 Å². The van der Waals surface area contributed by atoms with E-state index in [0.29, 0.717) is 36.0 Å². The Kier molecular flexibility index (Phi) is 9.42. The van der Waals surface area contributed by atoms with Crippen molar-refractivity contribution in [1.82, 2.24) is 10.6 Å². The zero-order valence-corrected chi connectivity index (χ0v) is 24.7. The minimum absolute atomic E-state index is 0.156. The molecule has 0 spiro atoms. The van der Waals surface area contributed by atoms with Crippen LogP contribution in [0.5, 0.6) is 0 Å². The van der Waals surface area contributed by atoms with Crippen LogP contribution < -0.4 is 10.6 Å². The van der Waals surface area contributed by atoms with E-state index in [9.17, 15) is 9.59 Å². The predicted octanol–water partition coefficient (Wildman–Crippen LogP) is 7.28. The average molecular weight is 501 g/mol. The number of amides is 2. The molecule has 0 aromatic rings. The topological polar surface area (TPSA) is 58.2 Å². The summed E-state index contributed by atoms with van der Waals surface area (Å²) in [5.74, 6) is 4.46. The summed E-state index contributed by atoms with van der Waals surface area (Å²) in [5, 5.41) is 6.19. The predicted molar refractivity (Wildman–Crippen MR) is 150 cm³/mol. The van der Waals surface area contributed by atoms with Crippen LogP contribution in [0.2, 0.25) is 0 Å². The third-order valence-electron chi connectivity index (χ3n) is 10.8. The maximum Gasteiger partial charge on any atom is 0.220 e. The van der Waals surface area contributed by atoms with Gasteiger partial charge in [0, 0.05) is 24.9 Å². The van der Waals surface area contributed by atoms with Crippen molar-refractivity contribution < 1.29 is 9.59 Å². The molecule has 2 N–H and O–H groups in total. The Balaban J connectivity index is 1.73. The second-order valence-corrected chi connectivity index (χ2v) is 14.0. The summed E-state index contributed by atoms with van der Waals surface area (Å²) >= 11 is 0. The van der Waals surface area contributed by atoms with Gasteiger partial charge in [-0.25, -0.2) is 0 Å². The van der Waals surface area contributed by atoms with Gasteiger partial charge in [-0.05, 0) is 132 Å². The first kappa shape index (κ1) is 29.2. The van der Waals surface area contributed by atoms with Crippen LogP contribution in [-0.4, -0.2) is 23.9 Å². The lowest BCUT2D eigenvalue weighted by molar-refractivity contribution is -0.125. The van der Waals surface area contributed by atoms with Gasteiger partial charge in [0.15, 0.2) is 0 Å². The van der Waals surface area contributed by atoms with Crippen molar-refractivity contribution >= 4 is 11.8 Å². The number of carbonyl (C=O) groups excluding carboxylic acids is 2. The van der Waals surface area contributed by atoms with Crippen LogP contribution in [0.1, 0.15) is 120 Å². The molecule has 3 aliphatic rings. The summed E-state index contributed by atoms with van der Waals surface area (Å²) in [6, 6.07) is 0.419. The number of fused-ring (bicyclic) bond motifs is 3. The molecule has 0 saturated heterocycles. The monoisotopic (exact) mass is 500 g/mol. The number of hydrogen-bond donors (Lipinski definition) is 2. The fourth-order valence-corrected chi connectivity index (χ4v) is 9.33. The molecular formula is C32H56N2O2. The molecule has 4 nitrogen and oxygen atoms in total. The number of allylic oxidation sites excluding steroid dienone is 1. The highest BCUT2D eigenvalue weighted by molar-refractivity contribution is 5.76. The summed E-state index contributed by atoms with van der Waals surface area (Å²) in [4.78, 5) is 24.9. The lowest BCUT2D eigenvalue weighted by atomic mass is 9.45. The molecule has 0 radical (unpaired) electrons. The maximum atomic E-state index is 12.6. The highest BCUT2D eigenvalue weighted by atomic mass is 16.2. The molecule has 1 unspecified atom stereocenters. The van der Waals surface area contributed by atoms with E-state index < -0.39 is 0 Å². The van der Waals surface area contributed by atoms with Gasteiger partial charge < -0.3 is 10.6 Å². The van der Waals surface area contributed by atoms with Crippen LogP contribution in [0.15, 0.2) is 12.2 Å². The van der Waals surface area contributed by atoms with Gasteiger partial charge in [-0.15, -0.1) is 0 Å². The van der Waals surface area contributed by atoms with Crippen molar-refractivity contribution in [3.8, 4) is 0 Å². The summed E-state index contributed by atoms with van der Waals surface area (Å²) in [5.41, 5.74) is 1.86. The largest absolute Gasteiger partial charge is 0.354 e. The zero-order valence-electron chi connectivity index (χ0n) is 24.7. The highest BCUT2D eigenvalue weighted by Crippen LogP contribution is 2.67. The fourth-order valence-electron chi connectivity index (χ4n) is 9.33. The molecule has 0 aromatic carbocycles. The Morgan fingerprint density at radius 2 is 1.47 bits per heavy atom. The maximum absolute atomic E-state index is 12.6. The van der Waals surface area contributed by atoms with Gasteiger partial charge in [-0.1, -0.05) is 32.9 Å². The van der Waals surface area contributed by atoms with E-state index in [4.69, 9.17) is 0 Å². The highest BCUT2D eigenvalue weighted by Gasteiger charge is 2.59. The van der Waals surface area contributed by atoms with Crippen LogP contribution in [0.4, 0.5) is 0 Å². The molecule has 0 aromatic heterocycles.